The van der Waals surface area contributed by atoms with Crippen LogP contribution in [0.5, 0.6) is 5.75 Å². The Morgan fingerprint density at radius 2 is 1.83 bits per heavy atom. The Kier molecular flexibility index (Phi) is 8.65. The molecule has 0 amide bonds. The number of piperidine rings is 1. The molecule has 188 valence electrons. The Morgan fingerprint density at radius 1 is 1.03 bits per heavy atom. The van der Waals surface area contributed by atoms with Crippen LogP contribution in [0.25, 0.3) is 10.8 Å². The van der Waals surface area contributed by atoms with Gasteiger partial charge in [-0.25, -0.2) is 0 Å². The topological polar surface area (TPSA) is 83.8 Å². The van der Waals surface area contributed by atoms with E-state index in [1.54, 1.807) is 0 Å². The molecule has 1 aliphatic rings. The van der Waals surface area contributed by atoms with Gasteiger partial charge in [-0.3, -0.25) is 0 Å². The number of carboxylic acid groups (broad SMARTS) is 1. The van der Waals surface area contributed by atoms with E-state index in [4.69, 9.17) is 13.9 Å². The van der Waals surface area contributed by atoms with Crippen molar-refractivity contribution in [3.05, 3.63) is 102 Å². The van der Waals surface area contributed by atoms with Crippen molar-refractivity contribution < 1.29 is 23.8 Å². The molecule has 6 nitrogen and oxygen atoms in total. The lowest BCUT2D eigenvalue weighted by Crippen LogP contribution is -2.40. The smallest absolute Gasteiger partial charge is 0.119 e. The van der Waals surface area contributed by atoms with Crippen molar-refractivity contribution in [2.45, 2.75) is 31.5 Å². The summed E-state index contributed by atoms with van der Waals surface area (Å²) in [4.78, 5) is 11.1. The Morgan fingerprint density at radius 3 is 2.64 bits per heavy atom. The van der Waals surface area contributed by atoms with Gasteiger partial charge in [0.05, 0.1) is 31.6 Å². The van der Waals surface area contributed by atoms with E-state index in [0.29, 0.717) is 31.3 Å². The summed E-state index contributed by atoms with van der Waals surface area (Å²) in [7, 11) is 0. The largest absolute Gasteiger partial charge is 0.545 e. The Bertz CT molecular complexity index is 1290. The molecule has 3 aromatic carbocycles. The third-order valence-corrected chi connectivity index (χ3v) is 6.58. The number of furan rings is 1. The van der Waals surface area contributed by atoms with Gasteiger partial charge in [0, 0.05) is 24.4 Å². The van der Waals surface area contributed by atoms with Crippen LogP contribution in [0, 0.1) is 0 Å². The van der Waals surface area contributed by atoms with Gasteiger partial charge in [-0.1, -0.05) is 48.5 Å². The van der Waals surface area contributed by atoms with E-state index in [0.717, 1.165) is 25.3 Å². The summed E-state index contributed by atoms with van der Waals surface area (Å²) >= 11 is 0. The van der Waals surface area contributed by atoms with E-state index < -0.39 is 5.97 Å². The first-order valence-electron chi connectivity index (χ1n) is 12.0. The zero-order valence-corrected chi connectivity index (χ0v) is 20.7. The number of nitrogens with one attached hydrogen (secondary N) is 1. The number of rotatable bonds is 9. The predicted octanol–water partition coefficient (Wildman–Crippen LogP) is 4.50. The van der Waals surface area contributed by atoms with Crippen LogP contribution in [0.15, 0.2) is 83.5 Å². The van der Waals surface area contributed by atoms with Crippen LogP contribution in [0.2, 0.25) is 0 Å². The number of fused-ring (bicyclic) bond motifs is 1. The van der Waals surface area contributed by atoms with Gasteiger partial charge in [0.2, 0.25) is 0 Å². The first kappa shape index (κ1) is 25.8. The molecule has 5 rings (SSSR count). The summed E-state index contributed by atoms with van der Waals surface area (Å²) < 4.78 is 17.4. The molecule has 0 spiro atoms. The molecule has 0 aliphatic carbocycles. The zero-order valence-electron chi connectivity index (χ0n) is 19.9. The third-order valence-electron chi connectivity index (χ3n) is 6.58. The highest BCUT2D eigenvalue weighted by Crippen LogP contribution is 2.30. The molecule has 0 radical (unpaired) electrons. The number of aromatic carboxylic acids is 1. The molecular formula is C29H29ClNO5-. The van der Waals surface area contributed by atoms with Crippen molar-refractivity contribution in [2.24, 2.45) is 0 Å². The van der Waals surface area contributed by atoms with Crippen molar-refractivity contribution in [1.82, 2.24) is 5.32 Å². The van der Waals surface area contributed by atoms with E-state index in [9.17, 15) is 9.90 Å². The average Bonchev–Trinajstić information content (AvgIpc) is 3.37. The first-order valence-corrected chi connectivity index (χ1v) is 12.0. The number of carbonyl (C=O) groups is 1. The highest BCUT2D eigenvalue weighted by Gasteiger charge is 2.27. The van der Waals surface area contributed by atoms with Crippen molar-refractivity contribution in [2.75, 3.05) is 19.7 Å². The minimum absolute atomic E-state index is 0. The average molecular weight is 507 g/mol. The monoisotopic (exact) mass is 506 g/mol. The van der Waals surface area contributed by atoms with Gasteiger partial charge in [0.25, 0.3) is 0 Å². The molecule has 1 fully saturated rings. The Labute approximate surface area is 216 Å². The third kappa shape index (κ3) is 6.08. The summed E-state index contributed by atoms with van der Waals surface area (Å²) in [6, 6.07) is 24.4. The molecule has 1 saturated heterocycles. The van der Waals surface area contributed by atoms with Crippen molar-refractivity contribution in [3.63, 3.8) is 0 Å². The summed E-state index contributed by atoms with van der Waals surface area (Å²) in [6.45, 7) is 2.68. The molecule has 4 aromatic rings. The normalized spacial score (nSPS) is 17.4. The Hall–Kier alpha value is -3.32. The molecule has 2 atom stereocenters. The van der Waals surface area contributed by atoms with Gasteiger partial charge < -0.3 is 29.1 Å². The molecule has 36 heavy (non-hydrogen) atoms. The maximum absolute atomic E-state index is 11.1. The molecule has 1 aromatic heterocycles. The number of hydrogen-bond acceptors (Lipinski definition) is 6. The second-order valence-electron chi connectivity index (χ2n) is 8.84. The second kappa shape index (κ2) is 12.1. The highest BCUT2D eigenvalue weighted by atomic mass is 35.5. The molecule has 0 saturated carbocycles. The SMILES string of the molecule is Cl.O=C([O-])c1ccoc1CCOc1ccc(C2CCNCC2OCc2ccc3ccccc3c2)cc1. The van der Waals surface area contributed by atoms with E-state index in [1.165, 1.54) is 34.2 Å². The summed E-state index contributed by atoms with van der Waals surface area (Å²) in [6.07, 6.45) is 2.81. The quantitative estimate of drug-likeness (QED) is 0.360. The standard InChI is InChI=1S/C29H29NO5.ClH/c31-29(32)26-12-15-34-27(26)13-16-33-24-9-7-22(8-10-24)25-11-14-30-18-28(25)35-19-20-5-6-21-3-1-2-4-23(21)17-20;/h1-10,12,15,17,25,28,30H,11,13-14,16,18-19H2,(H,31,32);1H/p-1. The molecule has 2 heterocycles. The zero-order chi connectivity index (χ0) is 24.0. The van der Waals surface area contributed by atoms with Gasteiger partial charge in [-0.2, -0.15) is 0 Å². The van der Waals surface area contributed by atoms with E-state index in [-0.39, 0.29) is 24.1 Å². The fourth-order valence-electron chi connectivity index (χ4n) is 4.71. The molecule has 1 N–H and O–H groups in total. The van der Waals surface area contributed by atoms with Gasteiger partial charge in [0.1, 0.15) is 11.5 Å². The number of ether oxygens (including phenoxy) is 2. The van der Waals surface area contributed by atoms with Crippen LogP contribution in [0.3, 0.4) is 0 Å². The van der Waals surface area contributed by atoms with Crippen LogP contribution in [-0.2, 0) is 17.8 Å². The number of carboxylic acids is 1. The number of hydrogen-bond donors (Lipinski definition) is 1. The van der Waals surface area contributed by atoms with Gasteiger partial charge in [-0.05, 0) is 59.1 Å². The number of benzene rings is 3. The van der Waals surface area contributed by atoms with Gasteiger partial charge in [0.15, 0.2) is 0 Å². The predicted molar refractivity (Wildman–Crippen MR) is 139 cm³/mol. The van der Waals surface area contributed by atoms with Crippen molar-refractivity contribution in [3.8, 4) is 5.75 Å². The summed E-state index contributed by atoms with van der Waals surface area (Å²) in [5.41, 5.74) is 2.48. The molecule has 1 aliphatic heterocycles. The summed E-state index contributed by atoms with van der Waals surface area (Å²) in [5.74, 6) is 0.164. The maximum Gasteiger partial charge on any atom is 0.119 e. The highest BCUT2D eigenvalue weighted by molar-refractivity contribution is 5.86. The van der Waals surface area contributed by atoms with Crippen LogP contribution < -0.4 is 15.2 Å². The van der Waals surface area contributed by atoms with E-state index in [2.05, 4.69) is 59.9 Å². The van der Waals surface area contributed by atoms with Gasteiger partial charge >= 0.3 is 0 Å². The van der Waals surface area contributed by atoms with Gasteiger partial charge in [-0.15, -0.1) is 12.4 Å². The fourth-order valence-corrected chi connectivity index (χ4v) is 4.71. The molecule has 7 heteroatoms. The van der Waals surface area contributed by atoms with E-state index in [1.807, 2.05) is 12.1 Å². The molecule has 2 unspecified atom stereocenters. The Balaban J connectivity index is 0.00000304. The molecule has 0 bridgehead atoms. The minimum atomic E-state index is -1.24. The lowest BCUT2D eigenvalue weighted by Gasteiger charge is -2.32. The van der Waals surface area contributed by atoms with Crippen LogP contribution >= 0.6 is 12.4 Å². The summed E-state index contributed by atoms with van der Waals surface area (Å²) in [5, 5.41) is 17.0. The van der Waals surface area contributed by atoms with Crippen LogP contribution in [0.4, 0.5) is 0 Å². The van der Waals surface area contributed by atoms with E-state index >= 15 is 0 Å². The maximum atomic E-state index is 11.1. The number of halogens is 1. The lowest BCUT2D eigenvalue weighted by molar-refractivity contribution is -0.255. The van der Waals surface area contributed by atoms with Crippen molar-refractivity contribution >= 4 is 29.1 Å². The molecular weight excluding hydrogens is 478 g/mol. The fraction of sp³-hybridized carbons (Fsp3) is 0.276. The minimum Gasteiger partial charge on any atom is -0.545 e. The van der Waals surface area contributed by atoms with Crippen LogP contribution in [-0.4, -0.2) is 31.8 Å². The van der Waals surface area contributed by atoms with Crippen molar-refractivity contribution in [1.29, 1.82) is 0 Å². The first-order chi connectivity index (χ1) is 17.2. The lowest BCUT2D eigenvalue weighted by atomic mass is 9.87. The van der Waals surface area contributed by atoms with Crippen LogP contribution in [0.1, 0.15) is 39.6 Å². The second-order valence-corrected chi connectivity index (χ2v) is 8.84. The number of carbonyl (C=O) groups excluding carboxylic acids is 1.